The summed E-state index contributed by atoms with van der Waals surface area (Å²) in [6, 6.07) is 4.43. The van der Waals surface area contributed by atoms with Gasteiger partial charge in [-0.2, -0.15) is 0 Å². The molecule has 1 unspecified atom stereocenters. The van der Waals surface area contributed by atoms with Gasteiger partial charge in [-0.25, -0.2) is 4.39 Å². The summed E-state index contributed by atoms with van der Waals surface area (Å²) >= 11 is 3.17. The van der Waals surface area contributed by atoms with Crippen molar-refractivity contribution in [2.75, 3.05) is 26.4 Å². The van der Waals surface area contributed by atoms with Gasteiger partial charge in [0.05, 0.1) is 24.9 Å². The molecule has 0 radical (unpaired) electrons. The predicted octanol–water partition coefficient (Wildman–Crippen LogP) is 2.51. The number of rotatable bonds is 6. The minimum absolute atomic E-state index is 0.0200. The van der Waals surface area contributed by atoms with E-state index in [4.69, 9.17) is 9.47 Å². The zero-order valence-corrected chi connectivity index (χ0v) is 12.6. The zero-order valence-electron chi connectivity index (χ0n) is 11.0. The summed E-state index contributed by atoms with van der Waals surface area (Å²) in [5.74, 6) is -0.993. The molecule has 0 aromatic heterocycles. The highest BCUT2D eigenvalue weighted by Crippen LogP contribution is 2.19. The smallest absolute Gasteiger partial charge is 0.255 e. The number of carbonyl (C=O) groups excluding carboxylic acids is 1. The summed E-state index contributed by atoms with van der Waals surface area (Å²) in [4.78, 5) is 11.8. The minimum atomic E-state index is -0.544. The molecule has 6 heteroatoms. The Balaban J connectivity index is 1.69. The van der Waals surface area contributed by atoms with Crippen LogP contribution in [0.25, 0.3) is 0 Å². The standard InChI is InChI=1S/C14H17BrFNO3/c15-11-4-1-5-12(16)13(11)14(18)17-6-8-19-9-10-3-2-7-20-10/h1,4-5,10H,2-3,6-9H2,(H,17,18). The highest BCUT2D eigenvalue weighted by atomic mass is 79.9. The van der Waals surface area contributed by atoms with Gasteiger partial charge in [0.15, 0.2) is 0 Å². The third-order valence-electron chi connectivity index (χ3n) is 3.05. The molecule has 2 rings (SSSR count). The van der Waals surface area contributed by atoms with E-state index in [1.54, 1.807) is 12.1 Å². The van der Waals surface area contributed by atoms with Crippen LogP contribution < -0.4 is 5.32 Å². The molecule has 1 fully saturated rings. The molecule has 1 amide bonds. The van der Waals surface area contributed by atoms with Gasteiger partial charge in [-0.3, -0.25) is 4.79 Å². The van der Waals surface area contributed by atoms with Crippen LogP contribution in [0.4, 0.5) is 4.39 Å². The van der Waals surface area contributed by atoms with Crippen LogP contribution in [0.15, 0.2) is 22.7 Å². The van der Waals surface area contributed by atoms with E-state index in [0.29, 0.717) is 24.2 Å². The molecule has 0 spiro atoms. The van der Waals surface area contributed by atoms with Crippen LogP contribution in [-0.2, 0) is 9.47 Å². The molecule has 1 aromatic rings. The fraction of sp³-hybridized carbons (Fsp3) is 0.500. The van der Waals surface area contributed by atoms with E-state index in [-0.39, 0.29) is 11.7 Å². The largest absolute Gasteiger partial charge is 0.377 e. The lowest BCUT2D eigenvalue weighted by molar-refractivity contribution is 0.0183. The van der Waals surface area contributed by atoms with E-state index in [9.17, 15) is 9.18 Å². The lowest BCUT2D eigenvalue weighted by Crippen LogP contribution is -2.29. The van der Waals surface area contributed by atoms with Crippen molar-refractivity contribution in [3.05, 3.63) is 34.1 Å². The number of carbonyl (C=O) groups is 1. The molecule has 0 bridgehead atoms. The molecule has 1 atom stereocenters. The van der Waals surface area contributed by atoms with E-state index in [2.05, 4.69) is 21.2 Å². The Bertz CT molecular complexity index is 443. The summed E-state index contributed by atoms with van der Waals surface area (Å²) in [7, 11) is 0. The van der Waals surface area contributed by atoms with E-state index < -0.39 is 11.7 Å². The van der Waals surface area contributed by atoms with Gasteiger partial charge >= 0.3 is 0 Å². The second-order valence-electron chi connectivity index (χ2n) is 4.56. The van der Waals surface area contributed by atoms with Crippen LogP contribution >= 0.6 is 15.9 Å². The van der Waals surface area contributed by atoms with E-state index in [0.717, 1.165) is 19.4 Å². The van der Waals surface area contributed by atoms with Crippen molar-refractivity contribution < 1.29 is 18.7 Å². The number of ether oxygens (including phenoxy) is 2. The molecule has 0 aliphatic carbocycles. The van der Waals surface area contributed by atoms with Gasteiger partial charge in [0.1, 0.15) is 5.82 Å². The van der Waals surface area contributed by atoms with Crippen LogP contribution in [0.3, 0.4) is 0 Å². The third kappa shape index (κ3) is 4.26. The first-order valence-electron chi connectivity index (χ1n) is 6.60. The predicted molar refractivity (Wildman–Crippen MR) is 76.2 cm³/mol. The molecular weight excluding hydrogens is 329 g/mol. The Labute approximate surface area is 125 Å². The molecule has 1 aliphatic heterocycles. The number of halogens is 2. The first-order valence-corrected chi connectivity index (χ1v) is 7.39. The minimum Gasteiger partial charge on any atom is -0.377 e. The second kappa shape index (κ2) is 7.71. The molecule has 20 heavy (non-hydrogen) atoms. The van der Waals surface area contributed by atoms with Crippen molar-refractivity contribution in [3.63, 3.8) is 0 Å². The quantitative estimate of drug-likeness (QED) is 0.806. The molecular formula is C14H17BrFNO3. The Morgan fingerprint density at radius 1 is 1.55 bits per heavy atom. The van der Waals surface area contributed by atoms with Crippen molar-refractivity contribution in [2.45, 2.75) is 18.9 Å². The van der Waals surface area contributed by atoms with Gasteiger partial charge in [-0.05, 0) is 40.9 Å². The Hall–Kier alpha value is -0.980. The molecule has 1 aliphatic rings. The molecule has 1 saturated heterocycles. The summed E-state index contributed by atoms with van der Waals surface area (Å²) in [5.41, 5.74) is 0.0200. The first kappa shape index (κ1) is 15.4. The van der Waals surface area contributed by atoms with Crippen molar-refractivity contribution in [3.8, 4) is 0 Å². The van der Waals surface area contributed by atoms with Gasteiger partial charge < -0.3 is 14.8 Å². The molecule has 110 valence electrons. The van der Waals surface area contributed by atoms with Crippen molar-refractivity contribution in [1.29, 1.82) is 0 Å². The first-order chi connectivity index (χ1) is 9.68. The number of nitrogens with one attached hydrogen (secondary N) is 1. The summed E-state index contributed by atoms with van der Waals surface area (Å²) in [6.07, 6.45) is 2.27. The average Bonchev–Trinajstić information content (AvgIpc) is 2.91. The Morgan fingerprint density at radius 2 is 2.40 bits per heavy atom. The lowest BCUT2D eigenvalue weighted by Gasteiger charge is -2.11. The van der Waals surface area contributed by atoms with Crippen LogP contribution in [0.1, 0.15) is 23.2 Å². The number of hydrogen-bond acceptors (Lipinski definition) is 3. The third-order valence-corrected chi connectivity index (χ3v) is 3.71. The van der Waals surface area contributed by atoms with Gasteiger partial charge in [0.2, 0.25) is 0 Å². The van der Waals surface area contributed by atoms with Crippen LogP contribution in [0.2, 0.25) is 0 Å². The normalized spacial score (nSPS) is 18.2. The maximum absolute atomic E-state index is 13.5. The van der Waals surface area contributed by atoms with Gasteiger partial charge in [-0.1, -0.05) is 6.07 Å². The van der Waals surface area contributed by atoms with Crippen LogP contribution in [0.5, 0.6) is 0 Å². The Morgan fingerprint density at radius 3 is 3.10 bits per heavy atom. The zero-order chi connectivity index (χ0) is 14.4. The Kier molecular flexibility index (Phi) is 5.94. The fourth-order valence-electron chi connectivity index (χ4n) is 2.03. The van der Waals surface area contributed by atoms with Gasteiger partial charge in [0, 0.05) is 17.6 Å². The number of benzene rings is 1. The summed E-state index contributed by atoms with van der Waals surface area (Å²) in [6.45, 7) is 2.06. The second-order valence-corrected chi connectivity index (χ2v) is 5.42. The van der Waals surface area contributed by atoms with E-state index in [1.807, 2.05) is 0 Å². The highest BCUT2D eigenvalue weighted by Gasteiger charge is 2.16. The number of amides is 1. The van der Waals surface area contributed by atoms with Crippen molar-refractivity contribution in [1.82, 2.24) is 5.32 Å². The van der Waals surface area contributed by atoms with Gasteiger partial charge in [0.25, 0.3) is 5.91 Å². The summed E-state index contributed by atoms with van der Waals surface area (Å²) < 4.78 is 24.8. The molecule has 1 heterocycles. The maximum Gasteiger partial charge on any atom is 0.255 e. The van der Waals surface area contributed by atoms with Crippen LogP contribution in [-0.4, -0.2) is 38.4 Å². The van der Waals surface area contributed by atoms with E-state index in [1.165, 1.54) is 6.07 Å². The molecule has 1 aromatic carbocycles. The topological polar surface area (TPSA) is 47.6 Å². The average molecular weight is 346 g/mol. The molecule has 1 N–H and O–H groups in total. The van der Waals surface area contributed by atoms with Crippen molar-refractivity contribution in [2.24, 2.45) is 0 Å². The van der Waals surface area contributed by atoms with E-state index >= 15 is 0 Å². The van der Waals surface area contributed by atoms with Gasteiger partial charge in [-0.15, -0.1) is 0 Å². The molecule has 0 saturated carbocycles. The monoisotopic (exact) mass is 345 g/mol. The van der Waals surface area contributed by atoms with Crippen LogP contribution in [0, 0.1) is 5.82 Å². The molecule has 4 nitrogen and oxygen atoms in total. The lowest BCUT2D eigenvalue weighted by atomic mass is 10.2. The number of hydrogen-bond donors (Lipinski definition) is 1. The maximum atomic E-state index is 13.5. The fourth-order valence-corrected chi connectivity index (χ4v) is 2.55. The van der Waals surface area contributed by atoms with Crippen molar-refractivity contribution >= 4 is 21.8 Å². The SMILES string of the molecule is O=C(NCCOCC1CCCO1)c1c(F)cccc1Br. The summed E-state index contributed by atoms with van der Waals surface area (Å²) in [5, 5.41) is 2.63. The highest BCUT2D eigenvalue weighted by molar-refractivity contribution is 9.10.